The Morgan fingerprint density at radius 3 is 2.62 bits per heavy atom. The Labute approximate surface area is 180 Å². The SMILES string of the molecule is COC(=O)c1ccc(/C=C2\SC(=S)N(CCC(=O)Nc3nnc(C)s3)C2=O)cc1. The van der Waals surface area contributed by atoms with Crippen molar-refractivity contribution in [2.45, 2.75) is 13.3 Å². The molecule has 0 radical (unpaired) electrons. The van der Waals surface area contributed by atoms with Crippen LogP contribution in [-0.2, 0) is 14.3 Å². The molecule has 1 saturated heterocycles. The van der Waals surface area contributed by atoms with E-state index in [1.165, 1.54) is 35.1 Å². The third-order valence-corrected chi connectivity index (χ3v) is 5.97. The third kappa shape index (κ3) is 5.25. The van der Waals surface area contributed by atoms with Crippen molar-refractivity contribution in [2.24, 2.45) is 0 Å². The smallest absolute Gasteiger partial charge is 0.337 e. The fourth-order valence-corrected chi connectivity index (χ4v) is 4.34. The average molecular weight is 449 g/mol. The number of ether oxygens (including phenoxy) is 1. The molecule has 1 fully saturated rings. The lowest BCUT2D eigenvalue weighted by Crippen LogP contribution is -2.31. The van der Waals surface area contributed by atoms with Crippen molar-refractivity contribution >= 4 is 68.6 Å². The van der Waals surface area contributed by atoms with Gasteiger partial charge in [-0.05, 0) is 30.7 Å². The van der Waals surface area contributed by atoms with E-state index in [0.717, 1.165) is 10.6 Å². The molecule has 0 bridgehead atoms. The first-order valence-corrected chi connectivity index (χ1v) is 10.4. The molecule has 2 heterocycles. The molecule has 29 heavy (non-hydrogen) atoms. The van der Waals surface area contributed by atoms with Gasteiger partial charge in [-0.15, -0.1) is 10.2 Å². The lowest BCUT2D eigenvalue weighted by atomic mass is 10.1. The van der Waals surface area contributed by atoms with Crippen molar-refractivity contribution in [3.05, 3.63) is 45.3 Å². The van der Waals surface area contributed by atoms with Crippen LogP contribution in [0.2, 0.25) is 0 Å². The van der Waals surface area contributed by atoms with Crippen LogP contribution in [-0.4, -0.2) is 50.9 Å². The molecular formula is C18H16N4O4S3. The summed E-state index contributed by atoms with van der Waals surface area (Å²) in [4.78, 5) is 38.1. The quantitative estimate of drug-likeness (QED) is 0.409. The van der Waals surface area contributed by atoms with Gasteiger partial charge >= 0.3 is 5.97 Å². The van der Waals surface area contributed by atoms with Gasteiger partial charge in [0.25, 0.3) is 5.91 Å². The van der Waals surface area contributed by atoms with Gasteiger partial charge in [-0.2, -0.15) is 0 Å². The number of rotatable bonds is 6. The number of hydrogen-bond acceptors (Lipinski definition) is 9. The summed E-state index contributed by atoms with van der Waals surface area (Å²) in [5, 5.41) is 11.5. The van der Waals surface area contributed by atoms with E-state index in [2.05, 4.69) is 20.3 Å². The number of carbonyl (C=O) groups excluding carboxylic acids is 3. The van der Waals surface area contributed by atoms with Crippen molar-refractivity contribution in [2.75, 3.05) is 19.0 Å². The Morgan fingerprint density at radius 2 is 2.00 bits per heavy atom. The van der Waals surface area contributed by atoms with Gasteiger partial charge in [0, 0.05) is 13.0 Å². The molecule has 150 valence electrons. The minimum absolute atomic E-state index is 0.0895. The van der Waals surface area contributed by atoms with E-state index >= 15 is 0 Å². The van der Waals surface area contributed by atoms with Crippen molar-refractivity contribution < 1.29 is 19.1 Å². The van der Waals surface area contributed by atoms with Crippen LogP contribution in [0.15, 0.2) is 29.2 Å². The highest BCUT2D eigenvalue weighted by Crippen LogP contribution is 2.32. The van der Waals surface area contributed by atoms with Crippen LogP contribution in [0.4, 0.5) is 5.13 Å². The van der Waals surface area contributed by atoms with Crippen molar-refractivity contribution in [1.29, 1.82) is 0 Å². The maximum atomic E-state index is 12.6. The van der Waals surface area contributed by atoms with Crippen molar-refractivity contribution in [1.82, 2.24) is 15.1 Å². The summed E-state index contributed by atoms with van der Waals surface area (Å²) in [6.07, 6.45) is 1.79. The van der Waals surface area contributed by atoms with Crippen molar-refractivity contribution in [3.63, 3.8) is 0 Å². The normalized spacial score (nSPS) is 15.1. The molecule has 0 unspecified atom stereocenters. The molecule has 1 aliphatic rings. The zero-order chi connectivity index (χ0) is 21.0. The first-order valence-electron chi connectivity index (χ1n) is 8.41. The number of carbonyl (C=O) groups is 3. The molecule has 0 saturated carbocycles. The predicted molar refractivity (Wildman–Crippen MR) is 116 cm³/mol. The van der Waals surface area contributed by atoms with Gasteiger partial charge in [0.15, 0.2) is 0 Å². The molecule has 0 spiro atoms. The summed E-state index contributed by atoms with van der Waals surface area (Å²) in [7, 11) is 1.32. The first-order chi connectivity index (χ1) is 13.9. The zero-order valence-corrected chi connectivity index (χ0v) is 17.9. The first kappa shape index (κ1) is 21.1. The molecule has 1 aromatic carbocycles. The molecule has 11 heteroatoms. The Bertz CT molecular complexity index is 1000. The fourth-order valence-electron chi connectivity index (χ4n) is 2.42. The molecule has 1 aromatic heterocycles. The second-order valence-corrected chi connectivity index (χ2v) is 8.73. The third-order valence-electron chi connectivity index (χ3n) is 3.84. The Kier molecular flexibility index (Phi) is 6.72. The van der Waals surface area contributed by atoms with Crippen LogP contribution in [0.25, 0.3) is 6.08 Å². The maximum absolute atomic E-state index is 12.6. The number of benzene rings is 1. The van der Waals surface area contributed by atoms with E-state index in [9.17, 15) is 14.4 Å². The summed E-state index contributed by atoms with van der Waals surface area (Å²) < 4.78 is 5.06. The van der Waals surface area contributed by atoms with Crippen LogP contribution in [0, 0.1) is 6.92 Å². The minimum atomic E-state index is -0.426. The summed E-state index contributed by atoms with van der Waals surface area (Å²) in [5.41, 5.74) is 1.18. The van der Waals surface area contributed by atoms with Gasteiger partial charge in [-0.1, -0.05) is 47.4 Å². The van der Waals surface area contributed by atoms with Crippen LogP contribution >= 0.6 is 35.3 Å². The summed E-state index contributed by atoms with van der Waals surface area (Å²) in [5.74, 6) is -0.945. The topological polar surface area (TPSA) is 101 Å². The molecular weight excluding hydrogens is 432 g/mol. The van der Waals surface area contributed by atoms with Crippen LogP contribution in [0.1, 0.15) is 27.3 Å². The summed E-state index contributed by atoms with van der Waals surface area (Å²) in [6, 6.07) is 6.68. The van der Waals surface area contributed by atoms with Crippen LogP contribution < -0.4 is 5.32 Å². The number of methoxy groups -OCH3 is 1. The average Bonchev–Trinajstić information content (AvgIpc) is 3.22. The lowest BCUT2D eigenvalue weighted by Gasteiger charge is -2.13. The second-order valence-electron chi connectivity index (χ2n) is 5.87. The van der Waals surface area contributed by atoms with Gasteiger partial charge in [-0.3, -0.25) is 14.5 Å². The highest BCUT2D eigenvalue weighted by atomic mass is 32.2. The number of thiocarbonyl (C=S) groups is 1. The Balaban J connectivity index is 1.60. The van der Waals surface area contributed by atoms with Crippen LogP contribution in [0.5, 0.6) is 0 Å². The zero-order valence-electron chi connectivity index (χ0n) is 15.5. The van der Waals surface area contributed by atoms with Gasteiger partial charge in [-0.25, -0.2) is 4.79 Å². The number of amides is 2. The number of aromatic nitrogens is 2. The Hall–Kier alpha value is -2.63. The fraction of sp³-hybridized carbons (Fsp3) is 0.222. The molecule has 0 aliphatic carbocycles. The maximum Gasteiger partial charge on any atom is 0.337 e. The molecule has 2 amide bonds. The van der Waals surface area contributed by atoms with E-state index in [0.29, 0.717) is 19.9 Å². The van der Waals surface area contributed by atoms with Gasteiger partial charge in [0.05, 0.1) is 17.6 Å². The number of nitrogens with zero attached hydrogens (tertiary/aromatic N) is 3. The number of anilines is 1. The second kappa shape index (κ2) is 9.25. The van der Waals surface area contributed by atoms with E-state index in [1.807, 2.05) is 0 Å². The molecule has 1 aliphatic heterocycles. The minimum Gasteiger partial charge on any atom is -0.465 e. The largest absolute Gasteiger partial charge is 0.465 e. The number of aryl methyl sites for hydroxylation is 1. The predicted octanol–water partition coefficient (Wildman–Crippen LogP) is 2.86. The van der Waals surface area contributed by atoms with Crippen molar-refractivity contribution in [3.8, 4) is 0 Å². The molecule has 8 nitrogen and oxygen atoms in total. The monoisotopic (exact) mass is 448 g/mol. The van der Waals surface area contributed by atoms with Crippen LogP contribution in [0.3, 0.4) is 0 Å². The number of nitrogens with one attached hydrogen (secondary N) is 1. The lowest BCUT2D eigenvalue weighted by molar-refractivity contribution is -0.122. The standard InChI is InChI=1S/C18H16N4O4S3/c1-10-20-21-17(28-10)19-14(23)7-8-22-15(24)13(29-18(22)27)9-11-3-5-12(6-4-11)16(25)26-2/h3-6,9H,7-8H2,1-2H3,(H,19,21,23)/b13-9-. The highest BCUT2D eigenvalue weighted by Gasteiger charge is 2.32. The Morgan fingerprint density at radius 1 is 1.28 bits per heavy atom. The molecule has 3 rings (SSSR count). The summed E-state index contributed by atoms with van der Waals surface area (Å²) in [6.45, 7) is 1.97. The molecule has 2 aromatic rings. The van der Waals surface area contributed by atoms with Gasteiger partial charge in [0.2, 0.25) is 11.0 Å². The summed E-state index contributed by atoms with van der Waals surface area (Å²) >= 11 is 7.73. The number of thioether (sulfide) groups is 1. The van der Waals surface area contributed by atoms with Gasteiger partial charge < -0.3 is 10.1 Å². The molecule has 0 atom stereocenters. The molecule has 1 N–H and O–H groups in total. The number of hydrogen-bond donors (Lipinski definition) is 1. The van der Waals surface area contributed by atoms with E-state index in [4.69, 9.17) is 12.2 Å². The highest BCUT2D eigenvalue weighted by molar-refractivity contribution is 8.26. The van der Waals surface area contributed by atoms with E-state index in [-0.39, 0.29) is 24.8 Å². The van der Waals surface area contributed by atoms with Gasteiger partial charge in [0.1, 0.15) is 9.33 Å². The van der Waals surface area contributed by atoms with E-state index in [1.54, 1.807) is 37.3 Å². The number of esters is 1. The van der Waals surface area contributed by atoms with E-state index < -0.39 is 5.97 Å².